The molecule has 112 valence electrons. The van der Waals surface area contributed by atoms with E-state index in [0.717, 1.165) is 11.8 Å². The van der Waals surface area contributed by atoms with Crippen molar-refractivity contribution in [2.45, 2.75) is 90.0 Å². The first-order chi connectivity index (χ1) is 8.06. The molecule has 0 aromatic rings. The molecule has 17 heavy (non-hydrogen) atoms. The topological polar surface area (TPSA) is 0 Å². The summed E-state index contributed by atoms with van der Waals surface area (Å²) in [5, 5.41) is 0. The van der Waals surface area contributed by atoms with E-state index >= 15 is 0 Å². The van der Waals surface area contributed by atoms with Gasteiger partial charge in [-0.05, 0) is 18.8 Å². The maximum absolute atomic E-state index is 3.36. The molecule has 0 spiro atoms. The first kappa shape index (κ1) is 36.0. The molecule has 0 aliphatic heterocycles. The highest BCUT2D eigenvalue weighted by molar-refractivity contribution is 4.51. The lowest BCUT2D eigenvalue weighted by Crippen LogP contribution is -1.95. The Morgan fingerprint density at radius 3 is 0.647 bits per heavy atom. The molecule has 0 aromatic carbocycles. The minimum atomic E-state index is 0.852. The van der Waals surface area contributed by atoms with Crippen LogP contribution in [0.1, 0.15) is 90.0 Å². The van der Waals surface area contributed by atoms with E-state index in [0.29, 0.717) is 0 Å². The molecule has 0 rings (SSSR count). The van der Waals surface area contributed by atoms with Gasteiger partial charge >= 0.3 is 0 Å². The van der Waals surface area contributed by atoms with Crippen LogP contribution in [0.2, 0.25) is 0 Å². The molecule has 0 heterocycles. The Kier molecular flexibility index (Phi) is 159. The predicted octanol–water partition coefficient (Wildman–Crippen LogP) is 7.60. The minimum absolute atomic E-state index is 0.852. The fraction of sp³-hybridized carbons (Fsp3) is 0.882. The van der Waals surface area contributed by atoms with E-state index in [-0.39, 0.29) is 0 Å². The van der Waals surface area contributed by atoms with Crippen molar-refractivity contribution in [1.82, 2.24) is 0 Å². The molecule has 0 saturated heterocycles. The van der Waals surface area contributed by atoms with Crippen molar-refractivity contribution in [3.05, 3.63) is 12.7 Å². The SMILES string of the molecule is C=CC.CC.CC.CC.CC.CC(C)C(C)C. The summed E-state index contributed by atoms with van der Waals surface area (Å²) in [4.78, 5) is 0. The highest BCUT2D eigenvalue weighted by atomic mass is 14.0. The Labute approximate surface area is 115 Å². The third-order valence-corrected chi connectivity index (χ3v) is 1.33. The molecule has 0 bridgehead atoms. The average Bonchev–Trinajstić information content (AvgIpc) is 2.40. The fourth-order valence-corrected chi connectivity index (χ4v) is 0. The number of rotatable bonds is 1. The van der Waals surface area contributed by atoms with Gasteiger partial charge in [-0.2, -0.15) is 0 Å². The summed E-state index contributed by atoms with van der Waals surface area (Å²) < 4.78 is 0. The molecule has 0 amide bonds. The Morgan fingerprint density at radius 2 is 0.647 bits per heavy atom. The highest BCUT2D eigenvalue weighted by Gasteiger charge is 1.95. The molecule has 0 saturated carbocycles. The fourth-order valence-electron chi connectivity index (χ4n) is 0. The number of hydrogen-bond acceptors (Lipinski definition) is 0. The van der Waals surface area contributed by atoms with Gasteiger partial charge in [0, 0.05) is 0 Å². The zero-order chi connectivity index (χ0) is 15.9. The van der Waals surface area contributed by atoms with Crippen LogP contribution in [-0.2, 0) is 0 Å². The van der Waals surface area contributed by atoms with Gasteiger partial charge in [0.05, 0.1) is 0 Å². The molecular weight excluding hydrogens is 204 g/mol. The molecule has 0 aliphatic rings. The second-order valence-corrected chi connectivity index (χ2v) is 2.90. The lowest BCUT2D eigenvalue weighted by atomic mass is 10.0. The predicted molar refractivity (Wildman–Crippen MR) is 90.9 cm³/mol. The quantitative estimate of drug-likeness (QED) is 0.419. The average molecular weight is 249 g/mol. The molecule has 0 heteroatoms. The monoisotopic (exact) mass is 248 g/mol. The van der Waals surface area contributed by atoms with Crippen molar-refractivity contribution in [3.63, 3.8) is 0 Å². The summed E-state index contributed by atoms with van der Waals surface area (Å²) in [5.41, 5.74) is 0. The van der Waals surface area contributed by atoms with E-state index in [2.05, 4.69) is 34.3 Å². The number of hydrogen-bond donors (Lipinski definition) is 0. The molecule has 0 unspecified atom stereocenters. The van der Waals surface area contributed by atoms with Crippen LogP contribution in [0.5, 0.6) is 0 Å². The molecule has 0 N–H and O–H groups in total. The van der Waals surface area contributed by atoms with Gasteiger partial charge in [-0.15, -0.1) is 6.58 Å². The van der Waals surface area contributed by atoms with Gasteiger partial charge in [0.2, 0.25) is 0 Å². The molecule has 0 radical (unpaired) electrons. The van der Waals surface area contributed by atoms with Crippen LogP contribution >= 0.6 is 0 Å². The normalized spacial score (nSPS) is 6.06. The van der Waals surface area contributed by atoms with Crippen LogP contribution in [0.4, 0.5) is 0 Å². The second-order valence-electron chi connectivity index (χ2n) is 2.90. The van der Waals surface area contributed by atoms with E-state index in [9.17, 15) is 0 Å². The van der Waals surface area contributed by atoms with Gasteiger partial charge in [0.15, 0.2) is 0 Å². The molecule has 0 aromatic heterocycles. The highest BCUT2D eigenvalue weighted by Crippen LogP contribution is 2.05. The van der Waals surface area contributed by atoms with Crippen LogP contribution in [-0.4, -0.2) is 0 Å². The van der Waals surface area contributed by atoms with Crippen molar-refractivity contribution >= 4 is 0 Å². The van der Waals surface area contributed by atoms with Gasteiger partial charge in [0.25, 0.3) is 0 Å². The zero-order valence-electron chi connectivity index (χ0n) is 15.4. The Morgan fingerprint density at radius 1 is 0.588 bits per heavy atom. The van der Waals surface area contributed by atoms with E-state index < -0.39 is 0 Å². The summed E-state index contributed by atoms with van der Waals surface area (Å²) in [6.45, 7) is 30.2. The minimum Gasteiger partial charge on any atom is -0.103 e. The first-order valence-electron chi connectivity index (χ1n) is 7.63. The zero-order valence-corrected chi connectivity index (χ0v) is 15.4. The maximum Gasteiger partial charge on any atom is -0.0448 e. The van der Waals surface area contributed by atoms with E-state index in [1.165, 1.54) is 0 Å². The molecular formula is C17H44. The number of allylic oxidation sites excluding steroid dienone is 1. The Hall–Kier alpha value is -0.260. The first-order valence-corrected chi connectivity index (χ1v) is 7.63. The lowest BCUT2D eigenvalue weighted by Gasteiger charge is -2.05. The van der Waals surface area contributed by atoms with Gasteiger partial charge in [-0.3, -0.25) is 0 Å². The van der Waals surface area contributed by atoms with Gasteiger partial charge in [-0.1, -0.05) is 89.2 Å². The molecule has 0 fully saturated rings. The summed E-state index contributed by atoms with van der Waals surface area (Å²) in [7, 11) is 0. The van der Waals surface area contributed by atoms with Crippen molar-refractivity contribution in [1.29, 1.82) is 0 Å². The van der Waals surface area contributed by atoms with Crippen molar-refractivity contribution in [2.24, 2.45) is 11.8 Å². The van der Waals surface area contributed by atoms with Gasteiger partial charge < -0.3 is 0 Å². The summed E-state index contributed by atoms with van der Waals surface area (Å²) in [5.74, 6) is 1.70. The van der Waals surface area contributed by atoms with E-state index in [4.69, 9.17) is 0 Å². The summed E-state index contributed by atoms with van der Waals surface area (Å²) >= 11 is 0. The van der Waals surface area contributed by atoms with Crippen molar-refractivity contribution in [3.8, 4) is 0 Å². The standard InChI is InChI=1S/C6H14.C3H6.4C2H6/c1-5(2)6(3)4;1-3-2;4*1-2/h5-6H,1-4H3;3H,1H2,2H3;4*1-2H3. The smallest absolute Gasteiger partial charge is 0.0448 e. The van der Waals surface area contributed by atoms with Crippen LogP contribution in [0.3, 0.4) is 0 Å². The molecule has 0 atom stereocenters. The Bertz CT molecular complexity index is 45.1. The Balaban J connectivity index is -0.0000000238. The largest absolute Gasteiger partial charge is 0.103 e. The third kappa shape index (κ3) is 212. The molecule has 0 nitrogen and oxygen atoms in total. The van der Waals surface area contributed by atoms with Crippen molar-refractivity contribution in [2.75, 3.05) is 0 Å². The van der Waals surface area contributed by atoms with Gasteiger partial charge in [0.1, 0.15) is 0 Å². The summed E-state index contributed by atoms with van der Waals surface area (Å²) in [6.07, 6.45) is 1.75. The lowest BCUT2D eigenvalue weighted by molar-refractivity contribution is 0.457. The van der Waals surface area contributed by atoms with E-state index in [1.807, 2.05) is 62.3 Å². The van der Waals surface area contributed by atoms with Crippen LogP contribution in [0.15, 0.2) is 12.7 Å². The summed E-state index contributed by atoms with van der Waals surface area (Å²) in [6, 6.07) is 0. The third-order valence-electron chi connectivity index (χ3n) is 1.33. The van der Waals surface area contributed by atoms with Crippen LogP contribution in [0, 0.1) is 11.8 Å². The van der Waals surface area contributed by atoms with Crippen LogP contribution in [0.25, 0.3) is 0 Å². The van der Waals surface area contributed by atoms with Crippen molar-refractivity contribution < 1.29 is 0 Å². The van der Waals surface area contributed by atoms with Gasteiger partial charge in [-0.25, -0.2) is 0 Å². The molecule has 0 aliphatic carbocycles. The maximum atomic E-state index is 3.36. The van der Waals surface area contributed by atoms with E-state index in [1.54, 1.807) is 6.08 Å². The van der Waals surface area contributed by atoms with Crippen LogP contribution < -0.4 is 0 Å². The second kappa shape index (κ2) is 75.3.